The van der Waals surface area contributed by atoms with Crippen LogP contribution in [0, 0.1) is 0 Å². The minimum atomic E-state index is -2.81. The molecule has 2 heterocycles. The Labute approximate surface area is 107 Å². The normalized spacial score (nSPS) is 26.6. The van der Waals surface area contributed by atoms with Crippen molar-refractivity contribution < 1.29 is 8.42 Å². The first-order valence-electron chi connectivity index (χ1n) is 6.37. The number of sulfone groups is 1. The molecule has 1 saturated heterocycles. The van der Waals surface area contributed by atoms with Gasteiger partial charge in [-0.15, -0.1) is 0 Å². The molecule has 100 valence electrons. The average molecular weight is 270 g/mol. The number of aromatic nitrogens is 3. The fraction of sp³-hybridized carbons (Fsp3) is 0.818. The molecule has 3 rings (SSSR count). The third kappa shape index (κ3) is 2.56. The molecule has 1 aromatic rings. The molecule has 1 atom stereocenters. The summed E-state index contributed by atoms with van der Waals surface area (Å²) in [6, 6.07) is 0.0658. The van der Waals surface area contributed by atoms with Crippen LogP contribution in [0.3, 0.4) is 0 Å². The molecule has 0 aromatic carbocycles. The third-order valence-corrected chi connectivity index (χ3v) is 5.36. The number of nitrogens with one attached hydrogen (secondary N) is 1. The number of aryl methyl sites for hydroxylation is 1. The lowest BCUT2D eigenvalue weighted by atomic mass is 10.2. The molecule has 1 N–H and O–H groups in total. The molecule has 18 heavy (non-hydrogen) atoms. The first kappa shape index (κ1) is 12.1. The SMILES string of the molecule is Cn1nc(C2CC2)nc1CNC1CCS(=O)(=O)C1. The van der Waals surface area contributed by atoms with E-state index in [1.807, 2.05) is 7.05 Å². The molecule has 1 aliphatic heterocycles. The summed E-state index contributed by atoms with van der Waals surface area (Å²) in [5.41, 5.74) is 0. The van der Waals surface area contributed by atoms with E-state index < -0.39 is 9.84 Å². The molecule has 0 amide bonds. The van der Waals surface area contributed by atoms with Gasteiger partial charge in [-0.2, -0.15) is 5.10 Å². The zero-order valence-electron chi connectivity index (χ0n) is 10.5. The quantitative estimate of drug-likeness (QED) is 0.831. The van der Waals surface area contributed by atoms with Crippen LogP contribution in [-0.2, 0) is 23.4 Å². The molecule has 6 nitrogen and oxygen atoms in total. The fourth-order valence-electron chi connectivity index (χ4n) is 2.30. The topological polar surface area (TPSA) is 76.9 Å². The highest BCUT2D eigenvalue weighted by molar-refractivity contribution is 7.91. The average Bonchev–Trinajstić information content (AvgIpc) is 3.00. The maximum atomic E-state index is 11.3. The number of hydrogen-bond acceptors (Lipinski definition) is 5. The standard InChI is InChI=1S/C11H18N4O2S/c1-15-10(13-11(14-15)8-2-3-8)6-12-9-4-5-18(16,17)7-9/h8-9,12H,2-7H2,1H3. The van der Waals surface area contributed by atoms with Gasteiger partial charge in [-0.25, -0.2) is 13.4 Å². The van der Waals surface area contributed by atoms with Gasteiger partial charge < -0.3 is 5.32 Å². The van der Waals surface area contributed by atoms with Crippen LogP contribution in [-0.4, -0.2) is 40.7 Å². The predicted octanol–water partition coefficient (Wildman–Crippen LogP) is -0.0308. The van der Waals surface area contributed by atoms with Crippen molar-refractivity contribution >= 4 is 9.84 Å². The Hall–Kier alpha value is -0.950. The Bertz CT molecular complexity index is 547. The van der Waals surface area contributed by atoms with Crippen LogP contribution in [0.2, 0.25) is 0 Å². The molecule has 1 saturated carbocycles. The lowest BCUT2D eigenvalue weighted by molar-refractivity contribution is 0.527. The van der Waals surface area contributed by atoms with E-state index in [-0.39, 0.29) is 11.8 Å². The lowest BCUT2D eigenvalue weighted by Crippen LogP contribution is -2.30. The summed E-state index contributed by atoms with van der Waals surface area (Å²) in [5, 5.41) is 7.66. The molecule has 0 bridgehead atoms. The van der Waals surface area contributed by atoms with E-state index in [1.54, 1.807) is 4.68 Å². The summed E-state index contributed by atoms with van der Waals surface area (Å²) in [4.78, 5) is 4.51. The van der Waals surface area contributed by atoms with Crippen molar-refractivity contribution in [3.63, 3.8) is 0 Å². The van der Waals surface area contributed by atoms with Crippen molar-refractivity contribution in [3.8, 4) is 0 Å². The van der Waals surface area contributed by atoms with Crippen LogP contribution in [0.5, 0.6) is 0 Å². The zero-order chi connectivity index (χ0) is 12.8. The highest BCUT2D eigenvalue weighted by Gasteiger charge is 2.30. The Balaban J connectivity index is 1.60. The van der Waals surface area contributed by atoms with Gasteiger partial charge >= 0.3 is 0 Å². The second kappa shape index (κ2) is 4.31. The molecule has 7 heteroatoms. The van der Waals surface area contributed by atoms with Gasteiger partial charge in [0.05, 0.1) is 18.1 Å². The van der Waals surface area contributed by atoms with E-state index >= 15 is 0 Å². The van der Waals surface area contributed by atoms with Gasteiger partial charge in [0.15, 0.2) is 15.7 Å². The van der Waals surface area contributed by atoms with Crippen LogP contribution < -0.4 is 5.32 Å². The lowest BCUT2D eigenvalue weighted by Gasteiger charge is -2.09. The molecule has 0 spiro atoms. The Morgan fingerprint density at radius 3 is 2.78 bits per heavy atom. The van der Waals surface area contributed by atoms with E-state index in [2.05, 4.69) is 15.4 Å². The largest absolute Gasteiger partial charge is 0.306 e. The fourth-order valence-corrected chi connectivity index (χ4v) is 4.01. The Kier molecular flexibility index (Phi) is 2.90. The van der Waals surface area contributed by atoms with Crippen molar-refractivity contribution in [1.29, 1.82) is 0 Å². The van der Waals surface area contributed by atoms with Crippen LogP contribution in [0.1, 0.15) is 36.8 Å². The van der Waals surface area contributed by atoms with Crippen LogP contribution >= 0.6 is 0 Å². The van der Waals surface area contributed by atoms with Gasteiger partial charge in [-0.3, -0.25) is 4.68 Å². The summed E-state index contributed by atoms with van der Waals surface area (Å²) in [5.74, 6) is 2.93. The first-order valence-corrected chi connectivity index (χ1v) is 8.19. The van der Waals surface area contributed by atoms with E-state index in [0.29, 0.717) is 24.6 Å². The van der Waals surface area contributed by atoms with E-state index in [9.17, 15) is 8.42 Å². The Morgan fingerprint density at radius 2 is 2.17 bits per heavy atom. The predicted molar refractivity (Wildman–Crippen MR) is 66.9 cm³/mol. The van der Waals surface area contributed by atoms with Crippen molar-refractivity contribution in [3.05, 3.63) is 11.6 Å². The van der Waals surface area contributed by atoms with Crippen molar-refractivity contribution in [2.24, 2.45) is 7.05 Å². The van der Waals surface area contributed by atoms with Crippen molar-refractivity contribution in [2.75, 3.05) is 11.5 Å². The molecule has 1 aliphatic carbocycles. The maximum Gasteiger partial charge on any atom is 0.154 e. The molecule has 1 unspecified atom stereocenters. The van der Waals surface area contributed by atoms with Gasteiger partial charge in [0.25, 0.3) is 0 Å². The molecular formula is C11H18N4O2S. The minimum Gasteiger partial charge on any atom is -0.306 e. The highest BCUT2D eigenvalue weighted by atomic mass is 32.2. The van der Waals surface area contributed by atoms with Crippen LogP contribution in [0.15, 0.2) is 0 Å². The van der Waals surface area contributed by atoms with Gasteiger partial charge in [0, 0.05) is 19.0 Å². The Morgan fingerprint density at radius 1 is 1.39 bits per heavy atom. The highest BCUT2D eigenvalue weighted by Crippen LogP contribution is 2.37. The van der Waals surface area contributed by atoms with Gasteiger partial charge in [0.2, 0.25) is 0 Å². The molecule has 0 radical (unpaired) electrons. The molecular weight excluding hydrogens is 252 g/mol. The van der Waals surface area contributed by atoms with Crippen LogP contribution in [0.25, 0.3) is 0 Å². The summed E-state index contributed by atoms with van der Waals surface area (Å²) >= 11 is 0. The van der Waals surface area contributed by atoms with Crippen molar-refractivity contribution in [1.82, 2.24) is 20.1 Å². The van der Waals surface area contributed by atoms with E-state index in [4.69, 9.17) is 0 Å². The third-order valence-electron chi connectivity index (χ3n) is 3.59. The number of hydrogen-bond donors (Lipinski definition) is 1. The summed E-state index contributed by atoms with van der Waals surface area (Å²) < 4.78 is 24.5. The van der Waals surface area contributed by atoms with Crippen LogP contribution in [0.4, 0.5) is 0 Å². The van der Waals surface area contributed by atoms with E-state index in [0.717, 1.165) is 11.6 Å². The van der Waals surface area contributed by atoms with Gasteiger partial charge in [0.1, 0.15) is 5.82 Å². The van der Waals surface area contributed by atoms with Gasteiger partial charge in [-0.1, -0.05) is 0 Å². The molecule has 2 aliphatic rings. The molecule has 2 fully saturated rings. The maximum absolute atomic E-state index is 11.3. The first-order chi connectivity index (χ1) is 8.53. The summed E-state index contributed by atoms with van der Waals surface area (Å²) in [6.45, 7) is 0.594. The number of rotatable bonds is 4. The second-order valence-corrected chi connectivity index (χ2v) is 7.49. The smallest absolute Gasteiger partial charge is 0.154 e. The molecule has 1 aromatic heterocycles. The minimum absolute atomic E-state index is 0.0658. The second-order valence-electron chi connectivity index (χ2n) is 5.26. The van der Waals surface area contributed by atoms with Gasteiger partial charge in [-0.05, 0) is 19.3 Å². The monoisotopic (exact) mass is 270 g/mol. The summed E-state index contributed by atoms with van der Waals surface area (Å²) in [6.07, 6.45) is 3.09. The zero-order valence-corrected chi connectivity index (χ0v) is 11.3. The van der Waals surface area contributed by atoms with Crippen molar-refractivity contribution in [2.45, 2.75) is 37.8 Å². The van der Waals surface area contributed by atoms with E-state index in [1.165, 1.54) is 12.8 Å². The summed E-state index contributed by atoms with van der Waals surface area (Å²) in [7, 11) is -0.923. The number of nitrogens with zero attached hydrogens (tertiary/aromatic N) is 3.